The van der Waals surface area contributed by atoms with Gasteiger partial charge in [-0.3, -0.25) is 14.7 Å². The standard InChI is InChI=1S/C18H25N5O2/c1-13-6-4-9-19-17(13)18(24)23-10-5-7-15(8-11-23)22(3)12-16-20-14(2)25-21-16/h4,6,9,15H,5,7-8,10-12H2,1-3H3/t15-/m0/s1. The molecule has 0 aliphatic carbocycles. The molecular weight excluding hydrogens is 318 g/mol. The maximum Gasteiger partial charge on any atom is 0.272 e. The van der Waals surface area contributed by atoms with Gasteiger partial charge >= 0.3 is 0 Å². The first-order chi connectivity index (χ1) is 12.0. The third-order valence-corrected chi connectivity index (χ3v) is 4.78. The fourth-order valence-corrected chi connectivity index (χ4v) is 3.34. The van der Waals surface area contributed by atoms with Gasteiger partial charge in [0.25, 0.3) is 5.91 Å². The lowest BCUT2D eigenvalue weighted by Gasteiger charge is -2.26. The summed E-state index contributed by atoms with van der Waals surface area (Å²) in [6.45, 7) is 5.91. The molecule has 134 valence electrons. The Morgan fingerprint density at radius 3 is 2.92 bits per heavy atom. The van der Waals surface area contributed by atoms with Crippen LogP contribution in [0.5, 0.6) is 0 Å². The van der Waals surface area contributed by atoms with Gasteiger partial charge in [0.2, 0.25) is 5.89 Å². The average molecular weight is 343 g/mol. The molecule has 0 spiro atoms. The molecule has 0 saturated carbocycles. The summed E-state index contributed by atoms with van der Waals surface area (Å²) in [5.74, 6) is 1.34. The second-order valence-corrected chi connectivity index (χ2v) is 6.69. The van der Waals surface area contributed by atoms with E-state index in [4.69, 9.17) is 4.52 Å². The largest absolute Gasteiger partial charge is 0.340 e. The normalized spacial score (nSPS) is 18.4. The quantitative estimate of drug-likeness (QED) is 0.847. The molecule has 7 heteroatoms. The van der Waals surface area contributed by atoms with Gasteiger partial charge in [-0.2, -0.15) is 4.98 Å². The number of amides is 1. The van der Waals surface area contributed by atoms with Crippen molar-refractivity contribution >= 4 is 5.91 Å². The van der Waals surface area contributed by atoms with Gasteiger partial charge in [-0.15, -0.1) is 0 Å². The molecule has 1 fully saturated rings. The summed E-state index contributed by atoms with van der Waals surface area (Å²) in [6, 6.07) is 4.20. The zero-order valence-electron chi connectivity index (χ0n) is 15.1. The molecule has 7 nitrogen and oxygen atoms in total. The summed E-state index contributed by atoms with van der Waals surface area (Å²) in [7, 11) is 2.08. The topological polar surface area (TPSA) is 75.4 Å². The smallest absolute Gasteiger partial charge is 0.272 e. The Labute approximate surface area is 148 Å². The highest BCUT2D eigenvalue weighted by atomic mass is 16.5. The lowest BCUT2D eigenvalue weighted by molar-refractivity contribution is 0.0750. The summed E-state index contributed by atoms with van der Waals surface area (Å²) < 4.78 is 5.04. The van der Waals surface area contributed by atoms with E-state index in [0.717, 1.165) is 37.9 Å². The van der Waals surface area contributed by atoms with Crippen LogP contribution in [0.15, 0.2) is 22.9 Å². The van der Waals surface area contributed by atoms with Crippen molar-refractivity contribution in [2.45, 2.75) is 45.7 Å². The predicted molar refractivity (Wildman–Crippen MR) is 93.0 cm³/mol. The van der Waals surface area contributed by atoms with Crippen molar-refractivity contribution in [1.82, 2.24) is 24.9 Å². The molecule has 2 aromatic heterocycles. The van der Waals surface area contributed by atoms with Gasteiger partial charge in [-0.25, -0.2) is 0 Å². The van der Waals surface area contributed by atoms with E-state index in [-0.39, 0.29) is 5.91 Å². The lowest BCUT2D eigenvalue weighted by Crippen LogP contribution is -2.35. The van der Waals surface area contributed by atoms with Crippen LogP contribution in [-0.2, 0) is 6.54 Å². The molecule has 3 heterocycles. The highest BCUT2D eigenvalue weighted by Crippen LogP contribution is 2.19. The first-order valence-electron chi connectivity index (χ1n) is 8.75. The maximum absolute atomic E-state index is 12.8. The molecule has 0 bridgehead atoms. The number of nitrogens with zero attached hydrogens (tertiary/aromatic N) is 5. The van der Waals surface area contributed by atoms with Crippen molar-refractivity contribution in [3.05, 3.63) is 41.3 Å². The molecule has 0 aromatic carbocycles. The number of pyridine rings is 1. The Kier molecular flexibility index (Phi) is 5.43. The summed E-state index contributed by atoms with van der Waals surface area (Å²) in [4.78, 5) is 25.5. The summed E-state index contributed by atoms with van der Waals surface area (Å²) >= 11 is 0. The van der Waals surface area contributed by atoms with Crippen LogP contribution in [0.3, 0.4) is 0 Å². The molecule has 1 aliphatic rings. The van der Waals surface area contributed by atoms with Gasteiger partial charge < -0.3 is 9.42 Å². The molecule has 1 saturated heterocycles. The van der Waals surface area contributed by atoms with E-state index < -0.39 is 0 Å². The molecule has 1 amide bonds. The molecule has 25 heavy (non-hydrogen) atoms. The summed E-state index contributed by atoms with van der Waals surface area (Å²) in [6.07, 6.45) is 4.66. The molecular formula is C18H25N5O2. The molecule has 1 atom stereocenters. The van der Waals surface area contributed by atoms with Crippen LogP contribution >= 0.6 is 0 Å². The Hall–Kier alpha value is -2.28. The maximum atomic E-state index is 12.8. The van der Waals surface area contributed by atoms with Gasteiger partial charge in [-0.05, 0) is 44.9 Å². The third-order valence-electron chi connectivity index (χ3n) is 4.78. The monoisotopic (exact) mass is 343 g/mol. The first-order valence-corrected chi connectivity index (χ1v) is 8.75. The van der Waals surface area contributed by atoms with E-state index in [1.807, 2.05) is 24.0 Å². The predicted octanol–water partition coefficient (Wildman–Crippen LogP) is 2.21. The highest BCUT2D eigenvalue weighted by molar-refractivity contribution is 5.93. The second-order valence-electron chi connectivity index (χ2n) is 6.69. The van der Waals surface area contributed by atoms with Gasteiger partial charge in [0, 0.05) is 32.3 Å². The SMILES string of the molecule is Cc1nc(CN(C)[C@H]2CCCN(C(=O)c3ncccc3C)CC2)no1. The number of aromatic nitrogens is 3. The number of rotatable bonds is 4. The first kappa shape index (κ1) is 17.5. The Bertz CT molecular complexity index is 730. The van der Waals surface area contributed by atoms with Crippen molar-refractivity contribution in [3.8, 4) is 0 Å². The number of carbonyl (C=O) groups excluding carboxylic acids is 1. The van der Waals surface area contributed by atoms with E-state index in [2.05, 4.69) is 27.1 Å². The zero-order valence-corrected chi connectivity index (χ0v) is 15.1. The van der Waals surface area contributed by atoms with E-state index in [9.17, 15) is 4.79 Å². The van der Waals surface area contributed by atoms with Crippen LogP contribution in [-0.4, -0.2) is 57.0 Å². The van der Waals surface area contributed by atoms with Crippen LogP contribution in [0.25, 0.3) is 0 Å². The Morgan fingerprint density at radius 1 is 1.36 bits per heavy atom. The van der Waals surface area contributed by atoms with Crippen LogP contribution in [0.2, 0.25) is 0 Å². The van der Waals surface area contributed by atoms with E-state index in [1.165, 1.54) is 0 Å². The number of aryl methyl sites for hydroxylation is 2. The van der Waals surface area contributed by atoms with Gasteiger partial charge in [0.1, 0.15) is 5.69 Å². The number of hydrogen-bond donors (Lipinski definition) is 0. The number of hydrogen-bond acceptors (Lipinski definition) is 6. The molecule has 2 aromatic rings. The summed E-state index contributed by atoms with van der Waals surface area (Å²) in [5, 5.41) is 3.97. The van der Waals surface area contributed by atoms with Crippen molar-refractivity contribution < 1.29 is 9.32 Å². The minimum Gasteiger partial charge on any atom is -0.340 e. The van der Waals surface area contributed by atoms with Crippen molar-refractivity contribution in [1.29, 1.82) is 0 Å². The number of likely N-dealkylation sites (tertiary alicyclic amines) is 1. The average Bonchev–Trinajstić information content (AvgIpc) is 2.86. The van der Waals surface area contributed by atoms with Crippen LogP contribution in [0.1, 0.15) is 47.0 Å². The Balaban J connectivity index is 1.60. The van der Waals surface area contributed by atoms with Crippen molar-refractivity contribution in [3.63, 3.8) is 0 Å². The molecule has 3 rings (SSSR count). The minimum atomic E-state index is 0.0372. The van der Waals surface area contributed by atoms with E-state index in [1.54, 1.807) is 13.1 Å². The van der Waals surface area contributed by atoms with Crippen LogP contribution in [0, 0.1) is 13.8 Å². The van der Waals surface area contributed by atoms with E-state index >= 15 is 0 Å². The Morgan fingerprint density at radius 2 is 2.20 bits per heavy atom. The fraction of sp³-hybridized carbons (Fsp3) is 0.556. The van der Waals surface area contributed by atoms with Gasteiger partial charge in [0.15, 0.2) is 5.82 Å². The number of carbonyl (C=O) groups is 1. The van der Waals surface area contributed by atoms with Crippen LogP contribution < -0.4 is 0 Å². The van der Waals surface area contributed by atoms with E-state index in [0.29, 0.717) is 30.0 Å². The van der Waals surface area contributed by atoms with Gasteiger partial charge in [0.05, 0.1) is 6.54 Å². The minimum absolute atomic E-state index is 0.0372. The molecule has 0 N–H and O–H groups in total. The molecule has 0 unspecified atom stereocenters. The van der Waals surface area contributed by atoms with Crippen LogP contribution in [0.4, 0.5) is 0 Å². The summed E-state index contributed by atoms with van der Waals surface area (Å²) in [5.41, 5.74) is 1.49. The van der Waals surface area contributed by atoms with Gasteiger partial charge in [-0.1, -0.05) is 11.2 Å². The zero-order chi connectivity index (χ0) is 17.8. The fourth-order valence-electron chi connectivity index (χ4n) is 3.34. The third kappa shape index (κ3) is 4.22. The lowest BCUT2D eigenvalue weighted by atomic mass is 10.1. The van der Waals surface area contributed by atoms with Crippen molar-refractivity contribution in [2.24, 2.45) is 0 Å². The molecule has 1 aliphatic heterocycles. The van der Waals surface area contributed by atoms with Crippen molar-refractivity contribution in [2.75, 3.05) is 20.1 Å². The second kappa shape index (κ2) is 7.74. The highest BCUT2D eigenvalue weighted by Gasteiger charge is 2.25. The molecule has 0 radical (unpaired) electrons.